The van der Waals surface area contributed by atoms with Gasteiger partial charge in [-0.3, -0.25) is 10.7 Å². The minimum absolute atomic E-state index is 0.0894. The van der Waals surface area contributed by atoms with Crippen molar-refractivity contribution in [2.24, 2.45) is 0 Å². The van der Waals surface area contributed by atoms with E-state index in [0.29, 0.717) is 12.2 Å². The van der Waals surface area contributed by atoms with Crippen molar-refractivity contribution in [1.29, 1.82) is 0 Å². The Bertz CT molecular complexity index is 412. The van der Waals surface area contributed by atoms with E-state index in [1.807, 2.05) is 34.6 Å². The lowest BCUT2D eigenvalue weighted by Gasteiger charge is -2.19. The van der Waals surface area contributed by atoms with Gasteiger partial charge >= 0.3 is 6.18 Å². The molecule has 0 amide bonds. The molecule has 1 rings (SSSR count). The predicted octanol–water partition coefficient (Wildman–Crippen LogP) is 4.38. The second-order valence-corrected chi connectivity index (χ2v) is 4.26. The summed E-state index contributed by atoms with van der Waals surface area (Å²) in [4.78, 5) is 0. The fourth-order valence-corrected chi connectivity index (χ4v) is 1.83. The molecule has 23 heavy (non-hydrogen) atoms. The number of hydrogen-bond acceptors (Lipinski definition) is 3. The highest BCUT2D eigenvalue weighted by molar-refractivity contribution is 5.60. The third-order valence-electron chi connectivity index (χ3n) is 2.86. The van der Waals surface area contributed by atoms with Crippen molar-refractivity contribution in [1.82, 2.24) is 0 Å². The zero-order valence-corrected chi connectivity index (χ0v) is 14.7. The molecule has 0 spiro atoms. The average Bonchev–Trinajstić information content (AvgIpc) is 2.57. The fourth-order valence-electron chi connectivity index (χ4n) is 1.83. The van der Waals surface area contributed by atoms with Gasteiger partial charge in [-0.25, -0.2) is 0 Å². The Morgan fingerprint density at radius 1 is 1.17 bits per heavy atom. The van der Waals surface area contributed by atoms with Gasteiger partial charge in [0.1, 0.15) is 0 Å². The lowest BCUT2D eigenvalue weighted by Crippen LogP contribution is -2.51. The van der Waals surface area contributed by atoms with E-state index in [9.17, 15) is 13.2 Å². The van der Waals surface area contributed by atoms with Crippen LogP contribution in [0.2, 0.25) is 0 Å². The number of anilines is 2. The Labute approximate surface area is 137 Å². The van der Waals surface area contributed by atoms with Gasteiger partial charge in [0.15, 0.2) is 0 Å². The Balaban J connectivity index is 0. The molecular weight excluding hydrogens is 307 g/mol. The maximum absolute atomic E-state index is 12.8. The van der Waals surface area contributed by atoms with Gasteiger partial charge in [0.25, 0.3) is 0 Å². The minimum Gasteiger partial charge on any atom is -0.382 e. The maximum Gasteiger partial charge on any atom is 0.418 e. The summed E-state index contributed by atoms with van der Waals surface area (Å²) in [6.07, 6.45) is -2.93. The molecule has 0 radical (unpaired) electrons. The highest BCUT2D eigenvalue weighted by Crippen LogP contribution is 2.36. The summed E-state index contributed by atoms with van der Waals surface area (Å²) in [5.74, 6) is 0. The van der Waals surface area contributed by atoms with Gasteiger partial charge < -0.3 is 11.1 Å². The first-order valence-electron chi connectivity index (χ1n) is 8.09. The molecule has 0 bridgehead atoms. The molecule has 7 heteroatoms. The Morgan fingerprint density at radius 2 is 1.74 bits per heavy atom. The number of rotatable bonds is 6. The summed E-state index contributed by atoms with van der Waals surface area (Å²) in [7, 11) is 0. The van der Waals surface area contributed by atoms with E-state index in [0.717, 1.165) is 18.9 Å². The first-order valence-corrected chi connectivity index (χ1v) is 8.09. The van der Waals surface area contributed by atoms with Crippen molar-refractivity contribution < 1.29 is 24.1 Å². The highest BCUT2D eigenvalue weighted by atomic mass is 19.4. The van der Waals surface area contributed by atoms with Gasteiger partial charge in [0.2, 0.25) is 0 Å². The average molecular weight is 338 g/mol. The fraction of sp³-hybridized carbons (Fsp3) is 0.625. The van der Waals surface area contributed by atoms with Crippen LogP contribution in [0.1, 0.15) is 53.0 Å². The van der Waals surface area contributed by atoms with Crippen molar-refractivity contribution in [3.63, 3.8) is 0 Å². The molecule has 136 valence electrons. The molecule has 0 aliphatic heterocycles. The van der Waals surface area contributed by atoms with Crippen molar-refractivity contribution in [2.75, 3.05) is 17.3 Å². The van der Waals surface area contributed by atoms with Crippen LogP contribution in [0.25, 0.3) is 0 Å². The molecule has 0 fully saturated rings. The SMILES string of the molecule is CC.CC.CCC(CC[NH3+])Nc1ccc(NO)c(C(F)(F)F)c1. The maximum atomic E-state index is 12.8. The molecule has 0 aliphatic rings. The quantitative estimate of drug-likeness (QED) is 0.582. The zero-order chi connectivity index (χ0) is 18.5. The van der Waals surface area contributed by atoms with Crippen molar-refractivity contribution >= 4 is 11.4 Å². The summed E-state index contributed by atoms with van der Waals surface area (Å²) in [6.45, 7) is 10.7. The van der Waals surface area contributed by atoms with E-state index < -0.39 is 11.7 Å². The van der Waals surface area contributed by atoms with Crippen molar-refractivity contribution in [2.45, 2.75) is 59.7 Å². The second-order valence-electron chi connectivity index (χ2n) is 4.26. The summed E-state index contributed by atoms with van der Waals surface area (Å²) in [6, 6.07) is 3.78. The lowest BCUT2D eigenvalue weighted by molar-refractivity contribution is -0.368. The van der Waals surface area contributed by atoms with Crippen LogP contribution in [0.3, 0.4) is 0 Å². The molecule has 0 saturated heterocycles. The van der Waals surface area contributed by atoms with E-state index >= 15 is 0 Å². The summed E-state index contributed by atoms with van der Waals surface area (Å²) >= 11 is 0. The largest absolute Gasteiger partial charge is 0.418 e. The molecule has 1 aromatic carbocycles. The minimum atomic E-state index is -4.52. The third-order valence-corrected chi connectivity index (χ3v) is 2.86. The number of quaternary nitrogens is 1. The molecule has 0 saturated carbocycles. The van der Waals surface area contributed by atoms with Crippen LogP contribution in [-0.2, 0) is 6.18 Å². The first-order chi connectivity index (χ1) is 10.9. The van der Waals surface area contributed by atoms with E-state index in [1.54, 1.807) is 5.48 Å². The van der Waals surface area contributed by atoms with Crippen LogP contribution in [0.4, 0.5) is 24.5 Å². The van der Waals surface area contributed by atoms with Crippen LogP contribution in [-0.4, -0.2) is 17.8 Å². The van der Waals surface area contributed by atoms with Crippen LogP contribution in [0, 0.1) is 0 Å². The van der Waals surface area contributed by atoms with Gasteiger partial charge in [-0.15, -0.1) is 0 Å². The molecule has 0 aliphatic carbocycles. The van der Waals surface area contributed by atoms with Crippen LogP contribution in [0.5, 0.6) is 0 Å². The molecule has 1 atom stereocenters. The summed E-state index contributed by atoms with van der Waals surface area (Å²) in [5.41, 5.74) is 4.42. The Hall–Kier alpha value is -1.47. The monoisotopic (exact) mass is 338 g/mol. The standard InChI is InChI=1S/C12H18F3N3O.2C2H6/c1-2-8(5-6-16)17-9-3-4-11(18-19)10(7-9)12(13,14)15;2*1-2/h3-4,7-8,17-19H,2,5-6,16H2,1H3;2*1-2H3/p+1. The van der Waals surface area contributed by atoms with Crippen molar-refractivity contribution in [3.05, 3.63) is 23.8 Å². The van der Waals surface area contributed by atoms with E-state index in [1.165, 1.54) is 12.1 Å². The second kappa shape index (κ2) is 13.0. The molecule has 4 nitrogen and oxygen atoms in total. The molecular formula is C16H31F3N3O+. The van der Waals surface area contributed by atoms with E-state index in [2.05, 4.69) is 11.1 Å². The van der Waals surface area contributed by atoms with Gasteiger partial charge in [0, 0.05) is 18.2 Å². The van der Waals surface area contributed by atoms with Crippen LogP contribution >= 0.6 is 0 Å². The Kier molecular flexibility index (Phi) is 13.5. The Morgan fingerprint density at radius 3 is 2.13 bits per heavy atom. The number of halogens is 3. The summed E-state index contributed by atoms with van der Waals surface area (Å²) < 4.78 is 38.4. The van der Waals surface area contributed by atoms with Gasteiger partial charge in [-0.1, -0.05) is 34.6 Å². The normalized spacial score (nSPS) is 11.4. The molecule has 6 N–H and O–H groups in total. The van der Waals surface area contributed by atoms with E-state index in [-0.39, 0.29) is 11.7 Å². The van der Waals surface area contributed by atoms with Gasteiger partial charge in [-0.05, 0) is 24.6 Å². The highest BCUT2D eigenvalue weighted by Gasteiger charge is 2.34. The topological polar surface area (TPSA) is 71.9 Å². The number of benzene rings is 1. The van der Waals surface area contributed by atoms with Gasteiger partial charge in [0.05, 0.1) is 17.8 Å². The van der Waals surface area contributed by atoms with Crippen LogP contribution < -0.4 is 16.5 Å². The zero-order valence-electron chi connectivity index (χ0n) is 14.7. The van der Waals surface area contributed by atoms with Gasteiger partial charge in [-0.2, -0.15) is 13.2 Å². The molecule has 1 unspecified atom stereocenters. The molecule has 0 heterocycles. The number of alkyl halides is 3. The summed E-state index contributed by atoms with van der Waals surface area (Å²) in [5, 5.41) is 11.8. The molecule has 0 aromatic heterocycles. The lowest BCUT2D eigenvalue weighted by atomic mass is 10.1. The number of hydrogen-bond donors (Lipinski definition) is 4. The van der Waals surface area contributed by atoms with Crippen LogP contribution in [0.15, 0.2) is 18.2 Å². The van der Waals surface area contributed by atoms with Crippen molar-refractivity contribution in [3.8, 4) is 0 Å². The smallest absolute Gasteiger partial charge is 0.382 e. The molecule has 1 aromatic rings. The third kappa shape index (κ3) is 8.66. The predicted molar refractivity (Wildman–Crippen MR) is 89.6 cm³/mol. The van der Waals surface area contributed by atoms with E-state index in [4.69, 9.17) is 5.21 Å². The first kappa shape index (κ1) is 23.8. The number of nitrogens with one attached hydrogen (secondary N) is 2.